The van der Waals surface area contributed by atoms with Crippen LogP contribution in [0.3, 0.4) is 0 Å². The van der Waals surface area contributed by atoms with Crippen LogP contribution in [-0.4, -0.2) is 133 Å². The van der Waals surface area contributed by atoms with E-state index in [0.717, 1.165) is 0 Å². The Hall–Kier alpha value is -7.04. The number of nitrogens with two attached hydrogens (primary N) is 1. The number of carbonyl (C=O) groups is 2. The van der Waals surface area contributed by atoms with Crippen molar-refractivity contribution >= 4 is 67.4 Å². The second-order valence-corrected chi connectivity index (χ2v) is 30.9. The molecule has 4 atom stereocenters. The van der Waals surface area contributed by atoms with E-state index >= 15 is 0 Å². The SMILES string of the molecule is CC(C)CCN([C@@H]1CN(C(=O)OC(C)(C)C)C[C@H]1CCCN)S(=O)(=O)c1ccc([N+](=O)[O-])cc1.CC(C)CCN([C@@H]1CN(C(=O)OC(C)(C)C)C[C@H]1CCCN=[N+]=[N-])S(=O)(=O)c1ccc([N+](=O)[O-])cc1.c1ccc(P(c2ccccc2)c2ccccc2)cc1. The fourth-order valence-corrected chi connectivity index (χ4v) is 16.0. The maximum atomic E-state index is 13.8. The standard InChI is InChI=1S/C23H36N6O6S.C23H38N4O6S.C18H15P/c1-17(2)12-14-28(36(33,34)20-10-8-19(9-11-20)29(31)32)21-16-27(22(30)35-23(3,4)5)15-18(21)7-6-13-25-26-24;1-17(2)12-14-26(34(31,32)20-10-8-19(9-11-20)27(29)30)21-16-25(15-18(21)7-6-13-24)22(28)33-23(3,4)5;1-4-10-16(11-5-1)19(17-12-6-2-7-13-17)18-14-8-3-9-15-18/h8-11,17-18,21H,6-7,12-16H2,1-5H3;8-11,17-18,21H,6-7,12-16,24H2,1-5H3;1-15H/t2*18-,21-;/m11./s1. The van der Waals surface area contributed by atoms with Crippen molar-refractivity contribution in [2.45, 2.75) is 141 Å². The number of nitrogens with zero attached hydrogens (tertiary/aromatic N) is 9. The predicted octanol–water partition coefficient (Wildman–Crippen LogP) is 12.0. The van der Waals surface area contributed by atoms with E-state index in [1.165, 1.54) is 78.0 Å². The summed E-state index contributed by atoms with van der Waals surface area (Å²) in [5.74, 6) is 0.189. The normalized spacial score (nSPS) is 17.0. The topological polar surface area (TPSA) is 295 Å². The molecule has 0 unspecified atom stereocenters. The van der Waals surface area contributed by atoms with Gasteiger partial charge in [0.1, 0.15) is 11.2 Å². The van der Waals surface area contributed by atoms with Gasteiger partial charge in [0, 0.05) is 87.1 Å². The average molecular weight is 1290 g/mol. The van der Waals surface area contributed by atoms with Gasteiger partial charge >= 0.3 is 12.2 Å². The first-order chi connectivity index (χ1) is 42.0. The number of rotatable bonds is 24. The molecule has 0 bridgehead atoms. The zero-order chi connectivity index (χ0) is 65.7. The number of non-ortho nitro benzene ring substituents is 2. The predicted molar refractivity (Wildman–Crippen MR) is 350 cm³/mol. The fourth-order valence-electron chi connectivity index (χ4n) is 10.4. The Labute approximate surface area is 526 Å². The third-order valence-corrected chi connectivity index (χ3v) is 21.1. The quantitative estimate of drug-likeness (QED) is 0.0114. The van der Waals surface area contributed by atoms with Gasteiger partial charge in [-0.1, -0.05) is 124 Å². The zero-order valence-electron chi connectivity index (χ0n) is 52.9. The van der Waals surface area contributed by atoms with Crippen LogP contribution in [0.2, 0.25) is 0 Å². The molecule has 0 saturated carbocycles. The number of nitro benzene ring substituents is 2. The molecule has 0 aliphatic carbocycles. The number of likely N-dealkylation sites (tertiary alicyclic amines) is 2. The maximum Gasteiger partial charge on any atom is 0.410 e. The highest BCUT2D eigenvalue weighted by Gasteiger charge is 2.46. The zero-order valence-corrected chi connectivity index (χ0v) is 55.4. The van der Waals surface area contributed by atoms with Gasteiger partial charge in [0.2, 0.25) is 20.0 Å². The van der Waals surface area contributed by atoms with Gasteiger partial charge < -0.3 is 25.0 Å². The van der Waals surface area contributed by atoms with Gasteiger partial charge in [-0.25, -0.2) is 26.4 Å². The van der Waals surface area contributed by atoms with Gasteiger partial charge in [-0.3, -0.25) is 20.2 Å². The van der Waals surface area contributed by atoms with E-state index < -0.39 is 73.3 Å². The Morgan fingerprint density at radius 2 is 0.944 bits per heavy atom. The molecule has 5 aromatic rings. The molecule has 2 fully saturated rings. The second-order valence-electron chi connectivity index (χ2n) is 24.9. The lowest BCUT2D eigenvalue weighted by Crippen LogP contribution is -2.46. The largest absolute Gasteiger partial charge is 0.444 e. The summed E-state index contributed by atoms with van der Waals surface area (Å²) >= 11 is 0. The lowest BCUT2D eigenvalue weighted by atomic mass is 9.97. The maximum absolute atomic E-state index is 13.8. The number of benzene rings is 5. The van der Waals surface area contributed by atoms with E-state index in [1.54, 1.807) is 46.4 Å². The number of hydrogen-bond acceptors (Lipinski definition) is 14. The van der Waals surface area contributed by atoms with Crippen molar-refractivity contribution in [3.05, 3.63) is 170 Å². The Morgan fingerprint density at radius 3 is 1.24 bits per heavy atom. The number of amides is 2. The molecular weight excluding hydrogens is 1200 g/mol. The first-order valence-corrected chi connectivity index (χ1v) is 34.3. The first kappa shape index (κ1) is 72.7. The molecule has 25 heteroatoms. The van der Waals surface area contributed by atoms with E-state index in [0.29, 0.717) is 58.2 Å². The Morgan fingerprint density at radius 1 is 0.607 bits per heavy atom. The lowest BCUT2D eigenvalue weighted by Gasteiger charge is -2.32. The summed E-state index contributed by atoms with van der Waals surface area (Å²) in [6.45, 7) is 21.0. The number of hydrogen-bond donors (Lipinski definition) is 1. The first-order valence-electron chi connectivity index (χ1n) is 30.1. The van der Waals surface area contributed by atoms with Crippen LogP contribution >= 0.6 is 7.92 Å². The van der Waals surface area contributed by atoms with E-state index in [1.807, 2.05) is 27.7 Å². The van der Waals surface area contributed by atoms with Crippen LogP contribution in [0.15, 0.2) is 154 Å². The second kappa shape index (κ2) is 33.7. The molecule has 2 saturated heterocycles. The van der Waals surface area contributed by atoms with Gasteiger partial charge in [0.25, 0.3) is 11.4 Å². The van der Waals surface area contributed by atoms with Gasteiger partial charge in [-0.2, -0.15) is 8.61 Å². The van der Waals surface area contributed by atoms with Crippen LogP contribution in [0.5, 0.6) is 0 Å². The molecule has 7 rings (SSSR count). The van der Waals surface area contributed by atoms with E-state index in [4.69, 9.17) is 20.7 Å². The third-order valence-electron chi connectivity index (χ3n) is 14.7. The van der Waals surface area contributed by atoms with Gasteiger partial charge in [0.15, 0.2) is 0 Å². The highest BCUT2D eigenvalue weighted by molar-refractivity contribution is 7.89. The van der Waals surface area contributed by atoms with E-state index in [-0.39, 0.29) is 77.6 Å². The highest BCUT2D eigenvalue weighted by Crippen LogP contribution is 2.36. The van der Waals surface area contributed by atoms with Crippen LogP contribution in [0.25, 0.3) is 10.4 Å². The highest BCUT2D eigenvalue weighted by atomic mass is 32.2. The van der Waals surface area contributed by atoms with Crippen LogP contribution in [-0.2, 0) is 29.5 Å². The molecule has 0 radical (unpaired) electrons. The Bertz CT molecular complexity index is 3240. The summed E-state index contributed by atoms with van der Waals surface area (Å²) in [6, 6.07) is 41.1. The molecule has 5 aromatic carbocycles. The van der Waals surface area contributed by atoms with E-state index in [2.05, 4.69) is 101 Å². The lowest BCUT2D eigenvalue weighted by molar-refractivity contribution is -0.385. The number of nitro groups is 2. The van der Waals surface area contributed by atoms with Crippen molar-refractivity contribution in [1.29, 1.82) is 0 Å². The van der Waals surface area contributed by atoms with Crippen molar-refractivity contribution in [3.63, 3.8) is 0 Å². The van der Waals surface area contributed by atoms with Crippen molar-refractivity contribution in [2.75, 3.05) is 52.4 Å². The molecule has 2 amide bonds. The number of azide groups is 1. The molecule has 484 valence electrons. The summed E-state index contributed by atoms with van der Waals surface area (Å²) in [5.41, 5.74) is 12.6. The summed E-state index contributed by atoms with van der Waals surface area (Å²) < 4.78 is 69.0. The van der Waals surface area contributed by atoms with Gasteiger partial charge in [-0.15, -0.1) is 0 Å². The van der Waals surface area contributed by atoms with Crippen molar-refractivity contribution in [2.24, 2.45) is 34.5 Å². The molecule has 89 heavy (non-hydrogen) atoms. The smallest absolute Gasteiger partial charge is 0.410 e. The Kier molecular flexibility index (Phi) is 27.5. The molecule has 22 nitrogen and oxygen atoms in total. The molecule has 2 N–H and O–H groups in total. The van der Waals surface area contributed by atoms with E-state index in [9.17, 15) is 46.7 Å². The average Bonchev–Trinajstić information content (AvgIpc) is 1.90. The van der Waals surface area contributed by atoms with Crippen molar-refractivity contribution in [1.82, 2.24) is 18.4 Å². The molecule has 0 aromatic heterocycles. The Balaban J connectivity index is 0.000000253. The third kappa shape index (κ3) is 22.1. The van der Waals surface area contributed by atoms with Crippen LogP contribution in [0.1, 0.15) is 108 Å². The van der Waals surface area contributed by atoms with Gasteiger partial charge in [0.05, 0.1) is 19.6 Å². The van der Waals surface area contributed by atoms with Crippen molar-refractivity contribution < 1.29 is 45.7 Å². The number of ether oxygens (including phenoxy) is 2. The summed E-state index contributed by atoms with van der Waals surface area (Å²) in [5, 5.41) is 29.8. The molecular formula is C64H89N10O12PS2. The minimum absolute atomic E-state index is 0.00449. The fraction of sp³-hybridized carbons (Fsp3) is 0.500. The van der Waals surface area contributed by atoms with Crippen LogP contribution < -0.4 is 21.6 Å². The molecule has 2 aliphatic rings. The minimum Gasteiger partial charge on any atom is -0.444 e. The summed E-state index contributed by atoms with van der Waals surface area (Å²) in [6.07, 6.45) is 2.73. The molecule has 2 heterocycles. The van der Waals surface area contributed by atoms with Crippen molar-refractivity contribution in [3.8, 4) is 0 Å². The molecule has 2 aliphatic heterocycles. The van der Waals surface area contributed by atoms with Crippen LogP contribution in [0, 0.1) is 43.9 Å². The minimum atomic E-state index is -4.03. The van der Waals surface area contributed by atoms with Crippen LogP contribution in [0.4, 0.5) is 21.0 Å². The molecule has 0 spiro atoms. The number of carbonyl (C=O) groups excluding carboxylic acids is 2. The summed E-state index contributed by atoms with van der Waals surface area (Å²) in [7, 11) is -8.44. The summed E-state index contributed by atoms with van der Waals surface area (Å²) in [4.78, 5) is 52.4. The number of sulfonamides is 2. The van der Waals surface area contributed by atoms with Gasteiger partial charge in [-0.05, 0) is 164 Å². The monoisotopic (exact) mass is 1280 g/mol.